The van der Waals surface area contributed by atoms with Crippen LogP contribution in [0.1, 0.15) is 48.3 Å². The van der Waals surface area contributed by atoms with Crippen LogP contribution in [0.4, 0.5) is 5.13 Å². The molecule has 29 heavy (non-hydrogen) atoms. The summed E-state index contributed by atoms with van der Waals surface area (Å²) >= 11 is 1.42. The molecule has 1 atom stereocenters. The van der Waals surface area contributed by atoms with Crippen molar-refractivity contribution in [3.05, 3.63) is 59.2 Å². The lowest BCUT2D eigenvalue weighted by Crippen LogP contribution is -2.40. The van der Waals surface area contributed by atoms with E-state index in [4.69, 9.17) is 4.74 Å². The van der Waals surface area contributed by atoms with Crippen LogP contribution in [0.2, 0.25) is 0 Å². The van der Waals surface area contributed by atoms with Gasteiger partial charge >= 0.3 is 5.97 Å². The van der Waals surface area contributed by atoms with Crippen molar-refractivity contribution in [1.29, 1.82) is 0 Å². The molecule has 4 rings (SSSR count). The van der Waals surface area contributed by atoms with Crippen LogP contribution in [-0.2, 0) is 16.0 Å². The van der Waals surface area contributed by atoms with E-state index in [0.717, 1.165) is 22.2 Å². The van der Waals surface area contributed by atoms with E-state index < -0.39 is 11.6 Å². The van der Waals surface area contributed by atoms with Gasteiger partial charge in [0.1, 0.15) is 11.6 Å². The van der Waals surface area contributed by atoms with Crippen molar-refractivity contribution < 1.29 is 14.3 Å². The number of benzene rings is 2. The molecule has 2 aromatic carbocycles. The molecule has 0 saturated heterocycles. The fourth-order valence-electron chi connectivity index (χ4n) is 3.48. The Kier molecular flexibility index (Phi) is 5.10. The van der Waals surface area contributed by atoms with Crippen molar-refractivity contribution >= 4 is 38.6 Å². The summed E-state index contributed by atoms with van der Waals surface area (Å²) < 4.78 is 6.59. The number of fused-ring (bicyclic) bond motifs is 2. The molecule has 2 N–H and O–H groups in total. The van der Waals surface area contributed by atoms with Crippen LogP contribution in [0.5, 0.6) is 0 Å². The normalized spacial score (nSPS) is 16.3. The fraction of sp³-hybridized carbons (Fsp3) is 0.318. The summed E-state index contributed by atoms with van der Waals surface area (Å²) in [6.45, 7) is 6.15. The molecular formula is C22H23N3O3S. The predicted molar refractivity (Wildman–Crippen MR) is 114 cm³/mol. The number of nitrogens with one attached hydrogen (secondary N) is 2. The molecule has 0 aliphatic carbocycles. The Morgan fingerprint density at radius 2 is 1.97 bits per heavy atom. The Morgan fingerprint density at radius 3 is 2.72 bits per heavy atom. The van der Waals surface area contributed by atoms with E-state index in [-0.39, 0.29) is 11.9 Å². The smallest absolute Gasteiger partial charge is 0.328 e. The lowest BCUT2D eigenvalue weighted by molar-refractivity contribution is -0.157. The number of carbonyl (C=O) groups excluding carboxylic acids is 2. The Hall–Kier alpha value is -2.77. The van der Waals surface area contributed by atoms with Gasteiger partial charge in [0.2, 0.25) is 0 Å². The van der Waals surface area contributed by atoms with E-state index in [1.807, 2.05) is 57.2 Å². The maximum atomic E-state index is 13.1. The minimum absolute atomic E-state index is 0.279. The highest BCUT2D eigenvalue weighted by Gasteiger charge is 2.33. The van der Waals surface area contributed by atoms with E-state index in [9.17, 15) is 9.59 Å². The van der Waals surface area contributed by atoms with Gasteiger partial charge in [0.25, 0.3) is 5.91 Å². The van der Waals surface area contributed by atoms with Gasteiger partial charge in [-0.05, 0) is 56.5 Å². The summed E-state index contributed by atoms with van der Waals surface area (Å²) in [6, 6.07) is 12.6. The first-order valence-corrected chi connectivity index (χ1v) is 10.4. The monoisotopic (exact) mass is 409 g/mol. The van der Waals surface area contributed by atoms with Crippen molar-refractivity contribution in [3.8, 4) is 0 Å². The topological polar surface area (TPSA) is 80.3 Å². The maximum absolute atomic E-state index is 13.1. The molecule has 1 aromatic heterocycles. The molecule has 6 nitrogen and oxygen atoms in total. The lowest BCUT2D eigenvalue weighted by atomic mass is 9.89. The lowest BCUT2D eigenvalue weighted by Gasteiger charge is -2.30. The van der Waals surface area contributed by atoms with E-state index in [2.05, 4.69) is 15.6 Å². The number of para-hydroxylation sites is 1. The third-order valence-corrected chi connectivity index (χ3v) is 5.58. The summed E-state index contributed by atoms with van der Waals surface area (Å²) in [7, 11) is 0. The van der Waals surface area contributed by atoms with Crippen LogP contribution < -0.4 is 10.6 Å². The third kappa shape index (κ3) is 4.16. The number of rotatable bonds is 3. The minimum atomic E-state index is -0.671. The average Bonchev–Trinajstić information content (AvgIpc) is 3.07. The van der Waals surface area contributed by atoms with Crippen LogP contribution in [0, 0.1) is 0 Å². The molecule has 7 heteroatoms. The highest BCUT2D eigenvalue weighted by Crippen LogP contribution is 2.31. The van der Waals surface area contributed by atoms with E-state index in [1.165, 1.54) is 11.3 Å². The minimum Gasteiger partial charge on any atom is -0.459 e. The number of hydrogen-bond donors (Lipinski definition) is 2. The van der Waals surface area contributed by atoms with Crippen LogP contribution >= 0.6 is 11.3 Å². The molecule has 0 bridgehead atoms. The van der Waals surface area contributed by atoms with E-state index >= 15 is 0 Å². The highest BCUT2D eigenvalue weighted by atomic mass is 32.1. The first kappa shape index (κ1) is 19.5. The largest absolute Gasteiger partial charge is 0.459 e. The molecule has 1 aliphatic rings. The third-order valence-electron chi connectivity index (χ3n) is 4.63. The number of thiazole rings is 1. The Labute approximate surface area is 173 Å². The summed E-state index contributed by atoms with van der Waals surface area (Å²) in [5.74, 6) is -0.656. The van der Waals surface area contributed by atoms with Gasteiger partial charge in [-0.2, -0.15) is 0 Å². The number of carbonyl (C=O) groups is 2. The summed E-state index contributed by atoms with van der Waals surface area (Å²) in [5, 5.41) is 6.64. The number of esters is 1. The Balaban J connectivity index is 1.65. The van der Waals surface area contributed by atoms with Crippen molar-refractivity contribution in [2.45, 2.75) is 38.8 Å². The van der Waals surface area contributed by atoms with Crippen LogP contribution in [-0.4, -0.2) is 29.0 Å². The van der Waals surface area contributed by atoms with Gasteiger partial charge in [-0.3, -0.25) is 10.1 Å². The molecule has 0 fully saturated rings. The van der Waals surface area contributed by atoms with Crippen LogP contribution in [0.25, 0.3) is 10.2 Å². The van der Waals surface area contributed by atoms with Crippen molar-refractivity contribution in [3.63, 3.8) is 0 Å². The van der Waals surface area contributed by atoms with E-state index in [1.54, 1.807) is 6.07 Å². The Bertz CT molecular complexity index is 1050. The van der Waals surface area contributed by atoms with Gasteiger partial charge < -0.3 is 10.1 Å². The summed E-state index contributed by atoms with van der Waals surface area (Å²) in [6.07, 6.45) is 0.747. The number of nitrogens with zero attached hydrogens (tertiary/aromatic N) is 1. The number of aromatic nitrogens is 1. The molecule has 2 heterocycles. The van der Waals surface area contributed by atoms with Gasteiger partial charge in [0.15, 0.2) is 5.13 Å². The molecule has 0 saturated carbocycles. The zero-order valence-electron chi connectivity index (χ0n) is 16.6. The van der Waals surface area contributed by atoms with Crippen LogP contribution in [0.15, 0.2) is 42.5 Å². The second-order valence-electron chi connectivity index (χ2n) is 7.99. The van der Waals surface area contributed by atoms with Crippen molar-refractivity contribution in [2.75, 3.05) is 11.9 Å². The van der Waals surface area contributed by atoms with Gasteiger partial charge in [-0.15, -0.1) is 0 Å². The quantitative estimate of drug-likeness (QED) is 0.637. The number of amides is 1. The number of anilines is 1. The fourth-order valence-corrected chi connectivity index (χ4v) is 4.34. The first-order valence-electron chi connectivity index (χ1n) is 9.57. The van der Waals surface area contributed by atoms with Gasteiger partial charge in [-0.25, -0.2) is 9.78 Å². The Morgan fingerprint density at radius 1 is 1.17 bits per heavy atom. The SMILES string of the molecule is CC(C)(C)OC(=O)C1NCCc2cccc(C(=O)Nc3nc4ccccc4s3)c21. The number of hydrogen-bond acceptors (Lipinski definition) is 6. The van der Waals surface area contributed by atoms with Crippen LogP contribution in [0.3, 0.4) is 0 Å². The molecular weight excluding hydrogens is 386 g/mol. The standard InChI is InChI=1S/C22H23N3O3S/c1-22(2,3)28-20(27)18-17-13(11-12-23-18)7-6-8-14(17)19(26)25-21-24-15-9-4-5-10-16(15)29-21/h4-10,18,23H,11-12H2,1-3H3,(H,24,25,26). The molecule has 0 radical (unpaired) electrons. The molecule has 1 aliphatic heterocycles. The van der Waals surface area contributed by atoms with Gasteiger partial charge in [-0.1, -0.05) is 35.6 Å². The molecule has 0 spiro atoms. The highest BCUT2D eigenvalue weighted by molar-refractivity contribution is 7.22. The second kappa shape index (κ2) is 7.57. The average molecular weight is 410 g/mol. The maximum Gasteiger partial charge on any atom is 0.328 e. The second-order valence-corrected chi connectivity index (χ2v) is 9.02. The van der Waals surface area contributed by atoms with Crippen molar-refractivity contribution in [2.24, 2.45) is 0 Å². The number of ether oxygens (including phenoxy) is 1. The molecule has 1 amide bonds. The zero-order valence-corrected chi connectivity index (χ0v) is 17.4. The molecule has 1 unspecified atom stereocenters. The van der Waals surface area contributed by atoms with Crippen molar-refractivity contribution in [1.82, 2.24) is 10.3 Å². The molecule has 3 aromatic rings. The molecule has 150 valence electrons. The summed E-state index contributed by atoms with van der Waals surface area (Å²) in [5.41, 5.74) is 2.37. The van der Waals surface area contributed by atoms with Gasteiger partial charge in [0.05, 0.1) is 10.2 Å². The van der Waals surface area contributed by atoms with Gasteiger partial charge in [0, 0.05) is 12.1 Å². The predicted octanol–water partition coefficient (Wildman–Crippen LogP) is 4.08. The summed E-state index contributed by atoms with van der Waals surface area (Å²) in [4.78, 5) is 30.4. The van der Waals surface area contributed by atoms with E-state index in [0.29, 0.717) is 22.8 Å². The zero-order chi connectivity index (χ0) is 20.6. The first-order chi connectivity index (χ1) is 13.8.